The molecule has 0 saturated carbocycles. The van der Waals surface area contributed by atoms with Crippen LogP contribution >= 0.6 is 15.9 Å². The molecule has 2 N–H and O–H groups in total. The molecule has 1 aromatic rings. The van der Waals surface area contributed by atoms with E-state index in [4.69, 9.17) is 9.84 Å². The summed E-state index contributed by atoms with van der Waals surface area (Å²) in [6.45, 7) is 2.19. The molecule has 0 spiro atoms. The molecule has 0 atom stereocenters. The third-order valence-electron chi connectivity index (χ3n) is 3.77. The summed E-state index contributed by atoms with van der Waals surface area (Å²) in [6.07, 6.45) is 2.69. The van der Waals surface area contributed by atoms with E-state index in [1.54, 1.807) is 0 Å². The summed E-state index contributed by atoms with van der Waals surface area (Å²) < 4.78 is 6.54. The largest absolute Gasteiger partial charge is 0.481 e. The van der Waals surface area contributed by atoms with Crippen molar-refractivity contribution >= 4 is 21.9 Å². The average Bonchev–Trinajstić information content (AvgIpc) is 2.45. The third kappa shape index (κ3) is 4.04. The maximum atomic E-state index is 10.6. The predicted octanol–water partition coefficient (Wildman–Crippen LogP) is 2.91. The van der Waals surface area contributed by atoms with E-state index < -0.39 is 5.97 Å². The quantitative estimate of drug-likeness (QED) is 0.781. The second-order valence-corrected chi connectivity index (χ2v) is 6.04. The van der Waals surface area contributed by atoms with Gasteiger partial charge < -0.3 is 15.2 Å². The number of carboxylic acids is 1. The number of rotatable bonds is 6. The van der Waals surface area contributed by atoms with Gasteiger partial charge in [-0.25, -0.2) is 0 Å². The van der Waals surface area contributed by atoms with E-state index in [-0.39, 0.29) is 12.0 Å². The minimum absolute atomic E-state index is 0.0859. The van der Waals surface area contributed by atoms with E-state index in [1.165, 1.54) is 5.56 Å². The van der Waals surface area contributed by atoms with Gasteiger partial charge in [0, 0.05) is 29.6 Å². The number of hydrogen-bond acceptors (Lipinski definition) is 3. The Hall–Kier alpha value is -0.910. The standard InChI is InChI=1S/C15H20BrNO3/c16-13-5-3-12(4-6-13)15(7-10-20-11-8-15)17-9-1-2-14(18)19/h3-6,17H,1-2,7-11H2,(H,18,19). The normalized spacial score (nSPS) is 17.9. The molecule has 1 heterocycles. The minimum Gasteiger partial charge on any atom is -0.481 e. The van der Waals surface area contributed by atoms with Crippen molar-refractivity contribution in [1.82, 2.24) is 5.32 Å². The molecule has 1 saturated heterocycles. The van der Waals surface area contributed by atoms with E-state index in [1.807, 2.05) is 12.1 Å². The molecule has 20 heavy (non-hydrogen) atoms. The first-order valence-electron chi connectivity index (χ1n) is 6.93. The van der Waals surface area contributed by atoms with Gasteiger partial charge in [0.25, 0.3) is 0 Å². The lowest BCUT2D eigenvalue weighted by molar-refractivity contribution is -0.137. The number of ether oxygens (including phenoxy) is 1. The molecule has 0 unspecified atom stereocenters. The van der Waals surface area contributed by atoms with Crippen LogP contribution in [-0.4, -0.2) is 30.8 Å². The second-order valence-electron chi connectivity index (χ2n) is 5.13. The Kier molecular flexibility index (Phi) is 5.57. The van der Waals surface area contributed by atoms with Crippen molar-refractivity contribution in [3.05, 3.63) is 34.3 Å². The van der Waals surface area contributed by atoms with E-state index in [0.717, 1.165) is 30.5 Å². The van der Waals surface area contributed by atoms with Gasteiger partial charge in [-0.2, -0.15) is 0 Å². The van der Waals surface area contributed by atoms with Gasteiger partial charge in [0.1, 0.15) is 0 Å². The highest BCUT2D eigenvalue weighted by Gasteiger charge is 2.33. The number of aliphatic carboxylic acids is 1. The lowest BCUT2D eigenvalue weighted by Gasteiger charge is -2.39. The Morgan fingerprint density at radius 1 is 1.30 bits per heavy atom. The third-order valence-corrected chi connectivity index (χ3v) is 4.30. The van der Waals surface area contributed by atoms with Crippen molar-refractivity contribution < 1.29 is 14.6 Å². The molecule has 1 aromatic carbocycles. The lowest BCUT2D eigenvalue weighted by Crippen LogP contribution is -2.47. The van der Waals surface area contributed by atoms with Gasteiger partial charge in [0.05, 0.1) is 0 Å². The van der Waals surface area contributed by atoms with Gasteiger partial charge in [0.15, 0.2) is 0 Å². The number of carbonyl (C=O) groups is 1. The highest BCUT2D eigenvalue weighted by Crippen LogP contribution is 2.32. The minimum atomic E-state index is -0.739. The van der Waals surface area contributed by atoms with Crippen molar-refractivity contribution in [2.45, 2.75) is 31.2 Å². The van der Waals surface area contributed by atoms with Gasteiger partial charge in [-0.3, -0.25) is 4.79 Å². The second kappa shape index (κ2) is 7.20. The Morgan fingerprint density at radius 2 is 1.95 bits per heavy atom. The van der Waals surface area contributed by atoms with E-state index in [0.29, 0.717) is 13.0 Å². The van der Waals surface area contributed by atoms with Gasteiger partial charge in [-0.1, -0.05) is 28.1 Å². The molecule has 0 aliphatic carbocycles. The topological polar surface area (TPSA) is 58.6 Å². The van der Waals surface area contributed by atoms with Gasteiger partial charge in [-0.05, 0) is 43.5 Å². The Bertz CT molecular complexity index is 441. The molecule has 4 nitrogen and oxygen atoms in total. The van der Waals surface area contributed by atoms with E-state index in [9.17, 15) is 4.79 Å². The van der Waals surface area contributed by atoms with Crippen LogP contribution in [-0.2, 0) is 15.1 Å². The molecule has 110 valence electrons. The Balaban J connectivity index is 2.05. The van der Waals surface area contributed by atoms with Crippen molar-refractivity contribution in [3.63, 3.8) is 0 Å². The highest BCUT2D eigenvalue weighted by atomic mass is 79.9. The number of halogens is 1. The molecule has 0 bridgehead atoms. The zero-order valence-corrected chi connectivity index (χ0v) is 13.0. The van der Waals surface area contributed by atoms with Crippen LogP contribution in [0.3, 0.4) is 0 Å². The summed E-state index contributed by atoms with van der Waals surface area (Å²) in [6, 6.07) is 8.34. The van der Waals surface area contributed by atoms with Crippen LogP contribution < -0.4 is 5.32 Å². The molecule has 1 fully saturated rings. The van der Waals surface area contributed by atoms with Crippen molar-refractivity contribution in [1.29, 1.82) is 0 Å². The molecular weight excluding hydrogens is 322 g/mol. The van der Waals surface area contributed by atoms with Crippen LogP contribution in [0.1, 0.15) is 31.2 Å². The first-order chi connectivity index (χ1) is 9.62. The molecule has 1 aliphatic rings. The summed E-state index contributed by atoms with van der Waals surface area (Å²) >= 11 is 3.46. The molecule has 5 heteroatoms. The van der Waals surface area contributed by atoms with E-state index >= 15 is 0 Å². The molecule has 2 rings (SSSR count). The first-order valence-corrected chi connectivity index (χ1v) is 7.72. The summed E-state index contributed by atoms with van der Waals surface area (Å²) in [4.78, 5) is 10.6. The fourth-order valence-electron chi connectivity index (χ4n) is 2.62. The number of benzene rings is 1. The number of carboxylic acid groups (broad SMARTS) is 1. The molecule has 0 radical (unpaired) electrons. The molecule has 1 aliphatic heterocycles. The molecular formula is C15H20BrNO3. The Labute approximate surface area is 127 Å². The smallest absolute Gasteiger partial charge is 0.303 e. The van der Waals surface area contributed by atoms with Crippen LogP contribution in [0.4, 0.5) is 0 Å². The molecule has 0 amide bonds. The summed E-state index contributed by atoms with van der Waals surface area (Å²) in [5, 5.41) is 12.3. The van der Waals surface area contributed by atoms with Crippen LogP contribution in [0.2, 0.25) is 0 Å². The maximum Gasteiger partial charge on any atom is 0.303 e. The maximum absolute atomic E-state index is 10.6. The zero-order valence-electron chi connectivity index (χ0n) is 11.4. The van der Waals surface area contributed by atoms with Gasteiger partial charge in [0.2, 0.25) is 0 Å². The fourth-order valence-corrected chi connectivity index (χ4v) is 2.89. The van der Waals surface area contributed by atoms with Gasteiger partial charge in [-0.15, -0.1) is 0 Å². The van der Waals surface area contributed by atoms with Crippen LogP contribution in [0, 0.1) is 0 Å². The number of nitrogens with one attached hydrogen (secondary N) is 1. The monoisotopic (exact) mass is 341 g/mol. The predicted molar refractivity (Wildman–Crippen MR) is 80.7 cm³/mol. The highest BCUT2D eigenvalue weighted by molar-refractivity contribution is 9.10. The van der Waals surface area contributed by atoms with E-state index in [2.05, 4.69) is 33.4 Å². The first kappa shape index (κ1) is 15.5. The summed E-state index contributed by atoms with van der Waals surface area (Å²) in [5.74, 6) is -0.739. The zero-order chi connectivity index (χ0) is 14.4. The fraction of sp³-hybridized carbons (Fsp3) is 0.533. The average molecular weight is 342 g/mol. The summed E-state index contributed by atoms with van der Waals surface area (Å²) in [5.41, 5.74) is 1.16. The summed E-state index contributed by atoms with van der Waals surface area (Å²) in [7, 11) is 0. The van der Waals surface area contributed by atoms with Crippen LogP contribution in [0.5, 0.6) is 0 Å². The molecule has 0 aromatic heterocycles. The Morgan fingerprint density at radius 3 is 2.55 bits per heavy atom. The lowest BCUT2D eigenvalue weighted by atomic mass is 9.82. The van der Waals surface area contributed by atoms with Crippen molar-refractivity contribution in [3.8, 4) is 0 Å². The van der Waals surface area contributed by atoms with Crippen LogP contribution in [0.25, 0.3) is 0 Å². The number of hydrogen-bond donors (Lipinski definition) is 2. The van der Waals surface area contributed by atoms with Crippen molar-refractivity contribution in [2.75, 3.05) is 19.8 Å². The van der Waals surface area contributed by atoms with Crippen molar-refractivity contribution in [2.24, 2.45) is 0 Å². The SMILES string of the molecule is O=C(O)CCCNC1(c2ccc(Br)cc2)CCOCC1. The van der Waals surface area contributed by atoms with Crippen LogP contribution in [0.15, 0.2) is 28.7 Å². The van der Waals surface area contributed by atoms with Gasteiger partial charge >= 0.3 is 5.97 Å².